The second kappa shape index (κ2) is 6.27. The van der Waals surface area contributed by atoms with Crippen molar-refractivity contribution in [3.8, 4) is 5.75 Å². The van der Waals surface area contributed by atoms with E-state index in [9.17, 15) is 18.3 Å². The Bertz CT molecular complexity index is 654. The Labute approximate surface area is 139 Å². The summed E-state index contributed by atoms with van der Waals surface area (Å²) in [6.45, 7) is 13.2. The first-order valence-electron chi connectivity index (χ1n) is 7.80. The molecular formula is C18H28O4S. The molecule has 0 bridgehead atoms. The molecule has 0 aliphatic heterocycles. The van der Waals surface area contributed by atoms with Gasteiger partial charge in [-0.05, 0) is 39.7 Å². The summed E-state index contributed by atoms with van der Waals surface area (Å²) in [7, 11) is -3.55. The van der Waals surface area contributed by atoms with Gasteiger partial charge < -0.3 is 9.90 Å². The summed E-state index contributed by atoms with van der Waals surface area (Å²) in [4.78, 5) is 11.5. The highest BCUT2D eigenvalue weighted by atomic mass is 32.2. The number of rotatable bonds is 4. The first kappa shape index (κ1) is 19.7. The van der Waals surface area contributed by atoms with E-state index < -0.39 is 15.1 Å². The highest BCUT2D eigenvalue weighted by Gasteiger charge is 2.31. The Morgan fingerprint density at radius 1 is 1.04 bits per heavy atom. The minimum absolute atomic E-state index is 0.104. The smallest absolute Gasteiger partial charge is 0.163 e. The summed E-state index contributed by atoms with van der Waals surface area (Å²) >= 11 is 0. The SMILES string of the molecule is CCS(=O)(=O)C(C=O)c1cc(C(C)(C)C)c(O)c(C(C)(C)C)c1. The Hall–Kier alpha value is -1.36. The molecule has 5 heteroatoms. The van der Waals surface area contributed by atoms with E-state index in [-0.39, 0.29) is 22.3 Å². The number of aromatic hydroxyl groups is 1. The van der Waals surface area contributed by atoms with E-state index in [2.05, 4.69) is 0 Å². The van der Waals surface area contributed by atoms with Crippen LogP contribution in [-0.4, -0.2) is 25.6 Å². The zero-order chi connectivity index (χ0) is 18.2. The molecule has 0 saturated carbocycles. The van der Waals surface area contributed by atoms with Crippen molar-refractivity contribution >= 4 is 16.1 Å². The van der Waals surface area contributed by atoms with E-state index in [1.54, 1.807) is 12.1 Å². The van der Waals surface area contributed by atoms with Gasteiger partial charge in [-0.1, -0.05) is 48.5 Å². The van der Waals surface area contributed by atoms with E-state index in [1.807, 2.05) is 41.5 Å². The molecule has 0 aliphatic rings. The molecule has 0 saturated heterocycles. The van der Waals surface area contributed by atoms with Crippen LogP contribution in [0.25, 0.3) is 0 Å². The predicted molar refractivity (Wildman–Crippen MR) is 93.8 cm³/mol. The summed E-state index contributed by atoms with van der Waals surface area (Å²) in [5, 5.41) is 9.46. The number of sulfone groups is 1. The zero-order valence-electron chi connectivity index (χ0n) is 15.1. The standard InChI is InChI=1S/C18H28O4S/c1-8-23(21,22)15(11-19)12-9-13(17(2,3)4)16(20)14(10-12)18(5,6)7/h9-11,15,20H,8H2,1-7H3. The lowest BCUT2D eigenvalue weighted by Crippen LogP contribution is -2.21. The Morgan fingerprint density at radius 3 is 1.70 bits per heavy atom. The molecule has 4 nitrogen and oxygen atoms in total. The van der Waals surface area contributed by atoms with Gasteiger partial charge >= 0.3 is 0 Å². The molecule has 1 unspecified atom stereocenters. The van der Waals surface area contributed by atoms with Crippen molar-refractivity contribution in [1.29, 1.82) is 0 Å². The second-order valence-corrected chi connectivity index (χ2v) is 10.4. The average molecular weight is 340 g/mol. The molecule has 0 spiro atoms. The fraction of sp³-hybridized carbons (Fsp3) is 0.611. The molecule has 0 aromatic heterocycles. The number of phenols is 1. The van der Waals surface area contributed by atoms with E-state index in [0.29, 0.717) is 23.0 Å². The van der Waals surface area contributed by atoms with Crippen LogP contribution in [-0.2, 0) is 25.5 Å². The number of carbonyl (C=O) groups excluding carboxylic acids is 1. The number of carbonyl (C=O) groups is 1. The van der Waals surface area contributed by atoms with Crippen molar-refractivity contribution in [2.24, 2.45) is 0 Å². The maximum absolute atomic E-state index is 12.2. The van der Waals surface area contributed by atoms with Gasteiger partial charge in [0.05, 0.1) is 0 Å². The van der Waals surface area contributed by atoms with Gasteiger partial charge in [-0.3, -0.25) is 0 Å². The first-order valence-corrected chi connectivity index (χ1v) is 9.52. The van der Waals surface area contributed by atoms with Crippen LogP contribution in [0.15, 0.2) is 12.1 Å². The minimum Gasteiger partial charge on any atom is -0.507 e. The van der Waals surface area contributed by atoms with Crippen molar-refractivity contribution in [2.75, 3.05) is 5.75 Å². The van der Waals surface area contributed by atoms with Crippen LogP contribution in [0.3, 0.4) is 0 Å². The monoisotopic (exact) mass is 340 g/mol. The summed E-state index contributed by atoms with van der Waals surface area (Å²) in [6, 6.07) is 3.30. The average Bonchev–Trinajstić information content (AvgIpc) is 2.38. The number of hydrogen-bond acceptors (Lipinski definition) is 4. The Kier molecular flexibility index (Phi) is 5.36. The van der Waals surface area contributed by atoms with Crippen LogP contribution in [0.2, 0.25) is 0 Å². The molecule has 0 radical (unpaired) electrons. The van der Waals surface area contributed by atoms with Gasteiger partial charge in [0, 0.05) is 5.75 Å². The third-order valence-electron chi connectivity index (χ3n) is 3.99. The molecule has 1 atom stereocenters. The molecule has 0 fully saturated rings. The topological polar surface area (TPSA) is 71.4 Å². The summed E-state index contributed by atoms with van der Waals surface area (Å²) in [5.74, 6) is 0.0692. The minimum atomic E-state index is -3.55. The Morgan fingerprint density at radius 2 is 1.43 bits per heavy atom. The molecule has 1 aromatic carbocycles. The number of benzene rings is 1. The summed E-state index contributed by atoms with van der Waals surface area (Å²) in [6.07, 6.45) is 0.476. The fourth-order valence-corrected chi connectivity index (χ4v) is 3.59. The molecule has 130 valence electrons. The van der Waals surface area contributed by atoms with E-state index in [4.69, 9.17) is 0 Å². The zero-order valence-corrected chi connectivity index (χ0v) is 15.9. The Balaban J connectivity index is 3.79. The van der Waals surface area contributed by atoms with Gasteiger partial charge in [0.15, 0.2) is 9.84 Å². The highest BCUT2D eigenvalue weighted by molar-refractivity contribution is 7.92. The van der Waals surface area contributed by atoms with Crippen LogP contribution in [0.4, 0.5) is 0 Å². The number of phenolic OH excluding ortho intramolecular Hbond substituents is 1. The van der Waals surface area contributed by atoms with Crippen molar-refractivity contribution in [1.82, 2.24) is 0 Å². The molecule has 1 N–H and O–H groups in total. The largest absolute Gasteiger partial charge is 0.507 e. The molecule has 1 rings (SSSR count). The van der Waals surface area contributed by atoms with Gasteiger partial charge in [0.2, 0.25) is 0 Å². The van der Waals surface area contributed by atoms with Crippen LogP contribution < -0.4 is 0 Å². The van der Waals surface area contributed by atoms with Crippen molar-refractivity contribution < 1.29 is 18.3 Å². The fourth-order valence-electron chi connectivity index (χ4n) is 2.51. The lowest BCUT2D eigenvalue weighted by atomic mass is 9.78. The number of aldehydes is 1. The maximum atomic E-state index is 12.2. The molecule has 1 aromatic rings. The third-order valence-corrected chi connectivity index (χ3v) is 5.95. The quantitative estimate of drug-likeness (QED) is 0.849. The first-order chi connectivity index (χ1) is 10.3. The molecule has 0 amide bonds. The van der Waals surface area contributed by atoms with E-state index in [1.165, 1.54) is 6.92 Å². The van der Waals surface area contributed by atoms with Crippen LogP contribution in [0, 0.1) is 0 Å². The summed E-state index contributed by atoms with van der Waals surface area (Å²) in [5.41, 5.74) is 0.984. The summed E-state index contributed by atoms with van der Waals surface area (Å²) < 4.78 is 24.5. The van der Waals surface area contributed by atoms with E-state index in [0.717, 1.165) is 0 Å². The molecule has 23 heavy (non-hydrogen) atoms. The predicted octanol–water partition coefficient (Wildman–Crippen LogP) is 3.66. The van der Waals surface area contributed by atoms with Crippen LogP contribution in [0.1, 0.15) is 70.4 Å². The van der Waals surface area contributed by atoms with Crippen molar-refractivity contribution in [2.45, 2.75) is 64.5 Å². The highest BCUT2D eigenvalue weighted by Crippen LogP contribution is 2.41. The molecular weight excluding hydrogens is 312 g/mol. The second-order valence-electron chi connectivity index (χ2n) is 7.97. The normalized spacial score (nSPS) is 14.6. The van der Waals surface area contributed by atoms with Gasteiger partial charge in [0.25, 0.3) is 0 Å². The molecule has 0 aliphatic carbocycles. The van der Waals surface area contributed by atoms with Crippen molar-refractivity contribution in [3.63, 3.8) is 0 Å². The lowest BCUT2D eigenvalue weighted by Gasteiger charge is -2.29. The maximum Gasteiger partial charge on any atom is 0.163 e. The van der Waals surface area contributed by atoms with Gasteiger partial charge in [0.1, 0.15) is 17.3 Å². The lowest BCUT2D eigenvalue weighted by molar-refractivity contribution is -0.107. The number of hydrogen-bond donors (Lipinski definition) is 1. The van der Waals surface area contributed by atoms with Crippen LogP contribution >= 0.6 is 0 Å². The van der Waals surface area contributed by atoms with Gasteiger partial charge in [-0.2, -0.15) is 0 Å². The molecule has 0 heterocycles. The van der Waals surface area contributed by atoms with Crippen LogP contribution in [0.5, 0.6) is 5.75 Å². The third kappa shape index (κ3) is 4.14. The van der Waals surface area contributed by atoms with E-state index >= 15 is 0 Å². The van der Waals surface area contributed by atoms with Gasteiger partial charge in [-0.25, -0.2) is 8.42 Å². The van der Waals surface area contributed by atoms with Crippen molar-refractivity contribution in [3.05, 3.63) is 28.8 Å². The van der Waals surface area contributed by atoms with Gasteiger partial charge in [-0.15, -0.1) is 0 Å².